The van der Waals surface area contributed by atoms with Crippen LogP contribution in [0.5, 0.6) is 0 Å². The molecule has 3 nitrogen and oxygen atoms in total. The normalized spacial score (nSPS) is 14.3. The van der Waals surface area contributed by atoms with Gasteiger partial charge in [0.15, 0.2) is 0 Å². The van der Waals surface area contributed by atoms with Crippen molar-refractivity contribution < 1.29 is 14.6 Å². The van der Waals surface area contributed by atoms with E-state index in [0.717, 1.165) is 4.40 Å². The molecule has 1 N–H and O–H groups in total. The molecule has 0 aliphatic rings. The molecule has 1 rings (SSSR count). The van der Waals surface area contributed by atoms with Crippen LogP contribution in [0.2, 0.25) is 5.76 Å². The standard InChI is InChI=1S/C11H16GeO3/c1-10(14)15-9-12(2,8-13)11-6-4-3-5-7-11/h3-7,13H,8-9H2,1-2H3. The molecule has 1 unspecified atom stereocenters. The van der Waals surface area contributed by atoms with Crippen molar-refractivity contribution >= 4 is 23.6 Å². The topological polar surface area (TPSA) is 46.5 Å². The molecule has 1 aromatic rings. The van der Waals surface area contributed by atoms with Gasteiger partial charge in [-0.15, -0.1) is 0 Å². The number of aliphatic hydroxyl groups is 1. The van der Waals surface area contributed by atoms with E-state index in [-0.39, 0.29) is 11.4 Å². The van der Waals surface area contributed by atoms with Crippen molar-refractivity contribution in [1.29, 1.82) is 0 Å². The van der Waals surface area contributed by atoms with E-state index in [0.29, 0.717) is 5.44 Å². The Morgan fingerprint density at radius 1 is 1.40 bits per heavy atom. The van der Waals surface area contributed by atoms with Gasteiger partial charge in [0.05, 0.1) is 0 Å². The van der Waals surface area contributed by atoms with E-state index in [1.807, 2.05) is 30.3 Å². The van der Waals surface area contributed by atoms with Crippen LogP contribution in [0, 0.1) is 0 Å². The Morgan fingerprint density at radius 3 is 2.47 bits per heavy atom. The molecule has 0 radical (unpaired) electrons. The summed E-state index contributed by atoms with van der Waals surface area (Å²) in [4.78, 5) is 10.8. The number of carbonyl (C=O) groups is 1. The summed E-state index contributed by atoms with van der Waals surface area (Å²) in [6.45, 7) is 1.39. The van der Waals surface area contributed by atoms with E-state index in [1.165, 1.54) is 6.92 Å². The Bertz CT molecular complexity index is 326. The first-order chi connectivity index (χ1) is 7.08. The van der Waals surface area contributed by atoms with Crippen LogP contribution in [0.4, 0.5) is 0 Å². The summed E-state index contributed by atoms with van der Waals surface area (Å²) in [5.74, 6) is 1.77. The summed E-state index contributed by atoms with van der Waals surface area (Å²) in [5, 5.41) is 9.44. The van der Waals surface area contributed by atoms with Crippen LogP contribution in [-0.4, -0.2) is 35.2 Å². The third-order valence-electron chi connectivity index (χ3n) is 2.41. The molecule has 82 valence electrons. The fraction of sp³-hybridized carbons (Fsp3) is 0.364. The van der Waals surface area contributed by atoms with Crippen molar-refractivity contribution in [3.05, 3.63) is 30.3 Å². The Labute approximate surface area is 92.4 Å². The third-order valence-corrected chi connectivity index (χ3v) is 9.14. The molecule has 0 spiro atoms. The van der Waals surface area contributed by atoms with Crippen molar-refractivity contribution in [2.45, 2.75) is 12.7 Å². The van der Waals surface area contributed by atoms with Gasteiger partial charge < -0.3 is 0 Å². The number of hydrogen-bond donors (Lipinski definition) is 1. The van der Waals surface area contributed by atoms with Crippen LogP contribution in [0.15, 0.2) is 30.3 Å². The molecule has 0 aliphatic carbocycles. The minimum absolute atomic E-state index is 0.136. The summed E-state index contributed by atoms with van der Waals surface area (Å²) in [6, 6.07) is 9.83. The number of ether oxygens (including phenoxy) is 1. The number of carbonyl (C=O) groups excluding carboxylic acids is 1. The molecule has 0 aromatic heterocycles. The summed E-state index contributed by atoms with van der Waals surface area (Å²) in [7, 11) is 0. The van der Waals surface area contributed by atoms with E-state index in [9.17, 15) is 9.90 Å². The predicted molar refractivity (Wildman–Crippen MR) is 61.4 cm³/mol. The molecule has 0 aliphatic heterocycles. The molecule has 0 saturated heterocycles. The SMILES string of the molecule is CC(=O)O[CH2][Ge]([CH3])([CH2]O)[c]1ccccc1. The first-order valence-electron chi connectivity index (χ1n) is 4.88. The molecular weight excluding hydrogens is 253 g/mol. The first-order valence-corrected chi connectivity index (χ1v) is 11.0. The maximum absolute atomic E-state index is 10.8. The van der Waals surface area contributed by atoms with Gasteiger partial charge in [0, 0.05) is 0 Å². The van der Waals surface area contributed by atoms with Gasteiger partial charge in [-0.25, -0.2) is 0 Å². The van der Waals surface area contributed by atoms with Crippen LogP contribution < -0.4 is 4.40 Å². The monoisotopic (exact) mass is 270 g/mol. The fourth-order valence-corrected chi connectivity index (χ4v) is 5.43. The molecule has 4 heteroatoms. The second-order valence-corrected chi connectivity index (χ2v) is 12.9. The van der Waals surface area contributed by atoms with Crippen molar-refractivity contribution in [3.8, 4) is 0 Å². The zero-order chi connectivity index (χ0) is 11.3. The van der Waals surface area contributed by atoms with Crippen molar-refractivity contribution in [2.24, 2.45) is 0 Å². The Balaban J connectivity index is 2.80. The minimum atomic E-state index is -2.58. The number of rotatable bonds is 4. The van der Waals surface area contributed by atoms with Crippen LogP contribution in [-0.2, 0) is 9.53 Å². The van der Waals surface area contributed by atoms with Gasteiger partial charge in [-0.05, 0) is 0 Å². The number of benzene rings is 1. The number of hydrogen-bond acceptors (Lipinski definition) is 3. The van der Waals surface area contributed by atoms with Gasteiger partial charge in [-0.1, -0.05) is 0 Å². The number of esters is 1. The van der Waals surface area contributed by atoms with Gasteiger partial charge in [0.2, 0.25) is 0 Å². The fourth-order valence-electron chi connectivity index (χ4n) is 1.32. The first kappa shape index (κ1) is 12.3. The van der Waals surface area contributed by atoms with Gasteiger partial charge in [0.25, 0.3) is 0 Å². The average molecular weight is 269 g/mol. The summed E-state index contributed by atoms with van der Waals surface area (Å²) >= 11 is -2.58. The molecule has 1 atom stereocenters. The summed E-state index contributed by atoms with van der Waals surface area (Å²) in [5.41, 5.74) is 0.521. The van der Waals surface area contributed by atoms with Gasteiger partial charge in [0.1, 0.15) is 0 Å². The van der Waals surface area contributed by atoms with Gasteiger partial charge in [-0.3, -0.25) is 0 Å². The van der Waals surface area contributed by atoms with Crippen molar-refractivity contribution in [1.82, 2.24) is 0 Å². The zero-order valence-corrected chi connectivity index (χ0v) is 11.2. The van der Waals surface area contributed by atoms with E-state index in [4.69, 9.17) is 4.74 Å². The van der Waals surface area contributed by atoms with Crippen LogP contribution in [0.25, 0.3) is 0 Å². The third kappa shape index (κ3) is 3.36. The van der Waals surface area contributed by atoms with E-state index >= 15 is 0 Å². The van der Waals surface area contributed by atoms with E-state index < -0.39 is 13.3 Å². The molecule has 1 aromatic carbocycles. The Hall–Kier alpha value is -0.807. The molecule has 0 bridgehead atoms. The van der Waals surface area contributed by atoms with E-state index in [2.05, 4.69) is 5.76 Å². The molecule has 0 amide bonds. The maximum atomic E-state index is 10.8. The second-order valence-electron chi connectivity index (χ2n) is 3.87. The van der Waals surface area contributed by atoms with Crippen molar-refractivity contribution in [2.75, 3.05) is 10.9 Å². The predicted octanol–water partition coefficient (Wildman–Crippen LogP) is 0.606. The molecule has 15 heavy (non-hydrogen) atoms. The van der Waals surface area contributed by atoms with E-state index in [1.54, 1.807) is 0 Å². The molecule has 0 saturated carbocycles. The van der Waals surface area contributed by atoms with Crippen LogP contribution in [0.1, 0.15) is 6.92 Å². The summed E-state index contributed by atoms with van der Waals surface area (Å²) in [6.07, 6.45) is 0. The van der Waals surface area contributed by atoms with Crippen molar-refractivity contribution in [3.63, 3.8) is 0 Å². The number of aliphatic hydroxyl groups excluding tert-OH is 1. The molecular formula is C11H16GeO3. The van der Waals surface area contributed by atoms with Crippen LogP contribution >= 0.6 is 0 Å². The average Bonchev–Trinajstić information content (AvgIpc) is 2.27. The second kappa shape index (κ2) is 5.32. The van der Waals surface area contributed by atoms with Gasteiger partial charge >= 0.3 is 92.2 Å². The molecule has 0 fully saturated rings. The summed E-state index contributed by atoms with van der Waals surface area (Å²) < 4.78 is 6.19. The quantitative estimate of drug-likeness (QED) is 0.643. The Kier molecular flexibility index (Phi) is 4.35. The van der Waals surface area contributed by atoms with Crippen LogP contribution in [0.3, 0.4) is 0 Å². The molecule has 0 heterocycles. The van der Waals surface area contributed by atoms with Gasteiger partial charge in [-0.2, -0.15) is 0 Å². The zero-order valence-electron chi connectivity index (χ0n) is 9.06. The Morgan fingerprint density at radius 2 is 2.00 bits per heavy atom.